The number of hydrogen-bond donors (Lipinski definition) is 1. The summed E-state index contributed by atoms with van der Waals surface area (Å²) in [6.45, 7) is 1.73. The third-order valence-electron chi connectivity index (χ3n) is 3.30. The summed E-state index contributed by atoms with van der Waals surface area (Å²) in [5, 5.41) is 9.56. The maximum atomic E-state index is 12.8. The van der Waals surface area contributed by atoms with Crippen LogP contribution in [-0.4, -0.2) is 21.4 Å². The Morgan fingerprint density at radius 3 is 2.18 bits per heavy atom. The zero-order valence-electron chi connectivity index (χ0n) is 11.8. The Hall–Kier alpha value is -1.49. The maximum Gasteiger partial charge on any atom is 0.309 e. The molecule has 0 aliphatic heterocycles. The molecule has 22 heavy (non-hydrogen) atoms. The van der Waals surface area contributed by atoms with E-state index < -0.39 is 5.97 Å². The molecule has 0 spiro atoms. The van der Waals surface area contributed by atoms with Crippen LogP contribution in [0.5, 0.6) is 0 Å². The second kappa shape index (κ2) is 6.32. The fraction of sp³-hybridized carbons (Fsp3) is 0.200. The van der Waals surface area contributed by atoms with Crippen LogP contribution in [0.4, 0.5) is 0 Å². The van der Waals surface area contributed by atoms with E-state index in [1.54, 1.807) is 24.6 Å². The summed E-state index contributed by atoms with van der Waals surface area (Å²) in [6, 6.07) is 4.55. The fourth-order valence-electron chi connectivity index (χ4n) is 2.36. The van der Waals surface area contributed by atoms with Gasteiger partial charge < -0.3 is 9.67 Å². The molecule has 2 rings (SSSR count). The van der Waals surface area contributed by atoms with Gasteiger partial charge in [-0.25, -0.2) is 0 Å². The first-order valence-corrected chi connectivity index (χ1v) is 7.42. The molecule has 0 amide bonds. The van der Waals surface area contributed by atoms with E-state index in [1.807, 2.05) is 0 Å². The Morgan fingerprint density at radius 1 is 1.14 bits per heavy atom. The highest BCUT2D eigenvalue weighted by Gasteiger charge is 2.23. The van der Waals surface area contributed by atoms with Crippen molar-refractivity contribution in [1.29, 1.82) is 0 Å². The third-order valence-corrected chi connectivity index (χ3v) is 4.12. The van der Waals surface area contributed by atoms with Crippen LogP contribution in [0.1, 0.15) is 27.3 Å². The van der Waals surface area contributed by atoms with E-state index in [1.165, 1.54) is 12.1 Å². The molecule has 0 aliphatic carbocycles. The van der Waals surface area contributed by atoms with E-state index in [0.29, 0.717) is 22.0 Å². The van der Waals surface area contributed by atoms with E-state index in [9.17, 15) is 9.59 Å². The van der Waals surface area contributed by atoms with Crippen LogP contribution < -0.4 is 0 Å². The lowest BCUT2D eigenvalue weighted by Gasteiger charge is -2.10. The van der Waals surface area contributed by atoms with Gasteiger partial charge in [0.15, 0.2) is 0 Å². The van der Waals surface area contributed by atoms with E-state index >= 15 is 0 Å². The summed E-state index contributed by atoms with van der Waals surface area (Å²) in [4.78, 5) is 23.6. The van der Waals surface area contributed by atoms with Gasteiger partial charge in [-0.1, -0.05) is 34.8 Å². The number of ketones is 1. The maximum absolute atomic E-state index is 12.8. The van der Waals surface area contributed by atoms with Crippen LogP contribution >= 0.6 is 34.8 Å². The molecule has 0 fully saturated rings. The van der Waals surface area contributed by atoms with Gasteiger partial charge in [0.1, 0.15) is 0 Å². The van der Waals surface area contributed by atoms with Crippen molar-refractivity contribution < 1.29 is 14.7 Å². The number of aliphatic carboxylic acids is 1. The Kier molecular flexibility index (Phi) is 4.85. The minimum atomic E-state index is -0.970. The number of carboxylic acids is 1. The molecule has 0 atom stereocenters. The molecule has 1 N–H and O–H groups in total. The van der Waals surface area contributed by atoms with Crippen LogP contribution in [0, 0.1) is 6.92 Å². The first-order chi connectivity index (χ1) is 10.2. The molecule has 0 aliphatic rings. The number of aryl methyl sites for hydroxylation is 1. The first-order valence-electron chi connectivity index (χ1n) is 6.28. The summed E-state index contributed by atoms with van der Waals surface area (Å²) in [5.41, 5.74) is 1.68. The van der Waals surface area contributed by atoms with Gasteiger partial charge in [0, 0.05) is 17.8 Å². The van der Waals surface area contributed by atoms with Gasteiger partial charge in [-0.2, -0.15) is 0 Å². The average molecular weight is 361 g/mol. The van der Waals surface area contributed by atoms with Crippen molar-refractivity contribution in [2.75, 3.05) is 0 Å². The van der Waals surface area contributed by atoms with Crippen LogP contribution in [-0.2, 0) is 18.3 Å². The van der Waals surface area contributed by atoms with E-state index in [4.69, 9.17) is 39.9 Å². The molecular formula is C15H12Cl3NO3. The summed E-state index contributed by atoms with van der Waals surface area (Å²) in [7, 11) is 1.64. The van der Waals surface area contributed by atoms with Crippen molar-refractivity contribution in [2.45, 2.75) is 13.3 Å². The number of nitrogens with zero attached hydrogens (tertiary/aromatic N) is 1. The lowest BCUT2D eigenvalue weighted by Crippen LogP contribution is -2.13. The summed E-state index contributed by atoms with van der Waals surface area (Å²) in [5.74, 6) is -1.34. The minimum absolute atomic E-state index is 0.152. The predicted molar refractivity (Wildman–Crippen MR) is 86.4 cm³/mol. The summed E-state index contributed by atoms with van der Waals surface area (Å²) < 4.78 is 1.55. The van der Waals surface area contributed by atoms with Crippen molar-refractivity contribution in [2.24, 2.45) is 7.05 Å². The highest BCUT2D eigenvalue weighted by molar-refractivity contribution is 6.43. The van der Waals surface area contributed by atoms with Crippen LogP contribution in [0.2, 0.25) is 15.1 Å². The van der Waals surface area contributed by atoms with Crippen molar-refractivity contribution in [3.8, 4) is 0 Å². The summed E-state index contributed by atoms with van der Waals surface area (Å²) >= 11 is 18.0. The van der Waals surface area contributed by atoms with Gasteiger partial charge in [-0.05, 0) is 30.7 Å². The second-order valence-electron chi connectivity index (χ2n) is 4.87. The van der Waals surface area contributed by atoms with Crippen molar-refractivity contribution in [3.05, 3.63) is 55.8 Å². The van der Waals surface area contributed by atoms with Gasteiger partial charge in [0.05, 0.1) is 27.7 Å². The molecule has 0 unspecified atom stereocenters. The topological polar surface area (TPSA) is 59.3 Å². The molecule has 0 saturated heterocycles. The quantitative estimate of drug-likeness (QED) is 0.833. The number of carboxylic acid groups (broad SMARTS) is 1. The largest absolute Gasteiger partial charge is 0.481 e. The van der Waals surface area contributed by atoms with Gasteiger partial charge in [-0.15, -0.1) is 0 Å². The fourth-order valence-corrected chi connectivity index (χ4v) is 3.35. The highest BCUT2D eigenvalue weighted by Crippen LogP contribution is 2.32. The molecule has 4 nitrogen and oxygen atoms in total. The minimum Gasteiger partial charge on any atom is -0.481 e. The lowest BCUT2D eigenvalue weighted by molar-refractivity contribution is -0.136. The smallest absolute Gasteiger partial charge is 0.309 e. The second-order valence-corrected chi connectivity index (χ2v) is 6.12. The number of halogens is 3. The zero-order valence-corrected chi connectivity index (χ0v) is 14.1. The SMILES string of the molecule is Cc1cc(CC(=O)O)n(C)c1C(=O)c1c(Cl)cc(Cl)cc1Cl. The molecule has 1 aromatic carbocycles. The van der Waals surface area contributed by atoms with Crippen molar-refractivity contribution >= 4 is 46.6 Å². The molecule has 1 aromatic heterocycles. The number of benzene rings is 1. The van der Waals surface area contributed by atoms with Gasteiger partial charge in [-0.3, -0.25) is 9.59 Å². The van der Waals surface area contributed by atoms with Gasteiger partial charge in [0.2, 0.25) is 5.78 Å². The molecule has 0 saturated carbocycles. The van der Waals surface area contributed by atoms with Crippen LogP contribution in [0.3, 0.4) is 0 Å². The number of rotatable bonds is 4. The summed E-state index contributed by atoms with van der Waals surface area (Å²) in [6.07, 6.45) is -0.174. The lowest BCUT2D eigenvalue weighted by atomic mass is 10.1. The Morgan fingerprint density at radius 2 is 1.68 bits per heavy atom. The molecule has 0 radical (unpaired) electrons. The standard InChI is InChI=1S/C15H12Cl3NO3/c1-7-3-9(6-12(20)21)19(2)14(7)15(22)13-10(17)4-8(16)5-11(13)18/h3-5H,6H2,1-2H3,(H,20,21). The Labute approximate surface area is 142 Å². The monoisotopic (exact) mass is 359 g/mol. The molecule has 116 valence electrons. The van der Waals surface area contributed by atoms with Crippen molar-refractivity contribution in [3.63, 3.8) is 0 Å². The number of carbonyl (C=O) groups excluding carboxylic acids is 1. The number of hydrogen-bond acceptors (Lipinski definition) is 2. The average Bonchev–Trinajstić information content (AvgIpc) is 2.61. The Bertz CT molecular complexity index is 758. The highest BCUT2D eigenvalue weighted by atomic mass is 35.5. The number of carbonyl (C=O) groups is 2. The van der Waals surface area contributed by atoms with E-state index in [0.717, 1.165) is 0 Å². The van der Waals surface area contributed by atoms with E-state index in [-0.39, 0.29) is 27.8 Å². The molecular weight excluding hydrogens is 349 g/mol. The van der Waals surface area contributed by atoms with Gasteiger partial charge >= 0.3 is 5.97 Å². The predicted octanol–water partition coefficient (Wildman–Crippen LogP) is 4.15. The molecule has 0 bridgehead atoms. The first kappa shape index (κ1) is 16.9. The van der Waals surface area contributed by atoms with Gasteiger partial charge in [0.25, 0.3) is 0 Å². The van der Waals surface area contributed by atoms with Crippen molar-refractivity contribution in [1.82, 2.24) is 4.57 Å². The number of aromatic nitrogens is 1. The normalized spacial score (nSPS) is 10.8. The van der Waals surface area contributed by atoms with E-state index in [2.05, 4.69) is 0 Å². The Balaban J connectivity index is 2.56. The molecule has 1 heterocycles. The third kappa shape index (κ3) is 3.14. The zero-order chi connectivity index (χ0) is 16.6. The van der Waals surface area contributed by atoms with Crippen LogP contribution in [0.15, 0.2) is 18.2 Å². The van der Waals surface area contributed by atoms with Crippen LogP contribution in [0.25, 0.3) is 0 Å². The molecule has 2 aromatic rings. The molecule has 7 heteroatoms.